The summed E-state index contributed by atoms with van der Waals surface area (Å²) < 4.78 is 24.6. The molecular formula is C20H26FNO2. The van der Waals surface area contributed by atoms with Gasteiger partial charge in [0.15, 0.2) is 11.5 Å². The Morgan fingerprint density at radius 2 is 1.79 bits per heavy atom. The number of hydrogen-bond acceptors (Lipinski definition) is 3. The van der Waals surface area contributed by atoms with Crippen LogP contribution in [-0.2, 0) is 6.42 Å². The van der Waals surface area contributed by atoms with Crippen LogP contribution in [0.15, 0.2) is 42.5 Å². The summed E-state index contributed by atoms with van der Waals surface area (Å²) in [5, 5.41) is 0. The first-order valence-electron chi connectivity index (χ1n) is 8.29. The van der Waals surface area contributed by atoms with E-state index < -0.39 is 0 Å². The van der Waals surface area contributed by atoms with E-state index in [-0.39, 0.29) is 11.7 Å². The van der Waals surface area contributed by atoms with Crippen LogP contribution in [0.25, 0.3) is 0 Å². The molecule has 2 aromatic rings. The van der Waals surface area contributed by atoms with Crippen molar-refractivity contribution in [3.63, 3.8) is 0 Å². The number of halogens is 1. The van der Waals surface area contributed by atoms with Crippen molar-refractivity contribution in [3.8, 4) is 11.5 Å². The van der Waals surface area contributed by atoms with Gasteiger partial charge in [-0.05, 0) is 48.2 Å². The number of rotatable bonds is 8. The first-order valence-corrected chi connectivity index (χ1v) is 8.29. The molecule has 0 aliphatic carbocycles. The quantitative estimate of drug-likeness (QED) is 0.790. The Bertz CT molecular complexity index is 641. The number of hydrogen-bond donors (Lipinski definition) is 1. The Hall–Kier alpha value is -2.07. The Kier molecular flexibility index (Phi) is 6.62. The first kappa shape index (κ1) is 18.3. The zero-order chi connectivity index (χ0) is 17.5. The summed E-state index contributed by atoms with van der Waals surface area (Å²) in [4.78, 5) is 0. The van der Waals surface area contributed by atoms with Crippen LogP contribution in [0.5, 0.6) is 11.5 Å². The van der Waals surface area contributed by atoms with Crippen molar-refractivity contribution < 1.29 is 13.9 Å². The summed E-state index contributed by atoms with van der Waals surface area (Å²) in [5.74, 6) is 1.79. The van der Waals surface area contributed by atoms with E-state index in [1.165, 1.54) is 12.1 Å². The normalized spacial score (nSPS) is 12.2. The summed E-state index contributed by atoms with van der Waals surface area (Å²) in [5.41, 5.74) is 8.02. The lowest BCUT2D eigenvalue weighted by molar-refractivity contribution is 0.256. The van der Waals surface area contributed by atoms with Crippen molar-refractivity contribution in [1.82, 2.24) is 0 Å². The van der Waals surface area contributed by atoms with Gasteiger partial charge >= 0.3 is 0 Å². The summed E-state index contributed by atoms with van der Waals surface area (Å²) >= 11 is 0. The van der Waals surface area contributed by atoms with E-state index >= 15 is 0 Å². The predicted octanol–water partition coefficient (Wildman–Crippen LogP) is 4.15. The molecule has 0 radical (unpaired) electrons. The second kappa shape index (κ2) is 8.69. The van der Waals surface area contributed by atoms with Gasteiger partial charge in [-0.15, -0.1) is 0 Å². The van der Waals surface area contributed by atoms with E-state index in [2.05, 4.69) is 13.8 Å². The van der Waals surface area contributed by atoms with Gasteiger partial charge in [0.1, 0.15) is 5.82 Å². The summed E-state index contributed by atoms with van der Waals surface area (Å²) in [6.07, 6.45) is 0.712. The standard InChI is InChI=1S/C20H26FNO2/c1-14(2)13-24-19-6-4-5-16(20(19)23-3)11-17(12-22)15-7-9-18(21)10-8-15/h4-10,14,17H,11-13,22H2,1-3H3. The molecule has 2 N–H and O–H groups in total. The highest BCUT2D eigenvalue weighted by Crippen LogP contribution is 2.34. The molecule has 0 aliphatic rings. The van der Waals surface area contributed by atoms with Gasteiger partial charge in [0, 0.05) is 5.92 Å². The highest BCUT2D eigenvalue weighted by Gasteiger charge is 2.17. The molecule has 0 aromatic heterocycles. The molecule has 0 aliphatic heterocycles. The van der Waals surface area contributed by atoms with Crippen molar-refractivity contribution in [2.24, 2.45) is 11.7 Å². The minimum absolute atomic E-state index is 0.0971. The molecule has 0 amide bonds. The lowest BCUT2D eigenvalue weighted by Crippen LogP contribution is -2.16. The third-order valence-corrected chi connectivity index (χ3v) is 3.93. The van der Waals surface area contributed by atoms with Crippen molar-refractivity contribution in [2.45, 2.75) is 26.2 Å². The van der Waals surface area contributed by atoms with E-state index in [0.29, 0.717) is 25.5 Å². The molecule has 0 spiro atoms. The summed E-state index contributed by atoms with van der Waals surface area (Å²) in [6.45, 7) is 5.33. The Labute approximate surface area is 143 Å². The number of benzene rings is 2. The fourth-order valence-corrected chi connectivity index (χ4v) is 2.66. The maximum atomic E-state index is 13.1. The van der Waals surface area contributed by atoms with Crippen molar-refractivity contribution in [2.75, 3.05) is 20.3 Å². The minimum Gasteiger partial charge on any atom is -0.493 e. The van der Waals surface area contributed by atoms with Crippen molar-refractivity contribution in [1.29, 1.82) is 0 Å². The van der Waals surface area contributed by atoms with Crippen LogP contribution in [0.2, 0.25) is 0 Å². The fourth-order valence-electron chi connectivity index (χ4n) is 2.66. The smallest absolute Gasteiger partial charge is 0.163 e. The second-order valence-electron chi connectivity index (χ2n) is 6.34. The molecule has 0 saturated heterocycles. The van der Waals surface area contributed by atoms with Crippen LogP contribution in [-0.4, -0.2) is 20.3 Å². The average Bonchev–Trinajstić information content (AvgIpc) is 2.58. The number of para-hydroxylation sites is 1. The van der Waals surface area contributed by atoms with E-state index in [1.54, 1.807) is 19.2 Å². The Balaban J connectivity index is 2.23. The molecule has 0 saturated carbocycles. The number of nitrogens with two attached hydrogens (primary N) is 1. The first-order chi connectivity index (χ1) is 11.5. The van der Waals surface area contributed by atoms with Crippen molar-refractivity contribution in [3.05, 3.63) is 59.4 Å². The zero-order valence-corrected chi connectivity index (χ0v) is 14.6. The zero-order valence-electron chi connectivity index (χ0n) is 14.6. The lowest BCUT2D eigenvalue weighted by atomic mass is 9.91. The van der Waals surface area contributed by atoms with Gasteiger partial charge in [-0.1, -0.05) is 38.1 Å². The van der Waals surface area contributed by atoms with E-state index in [0.717, 1.165) is 22.6 Å². The molecular weight excluding hydrogens is 305 g/mol. The van der Waals surface area contributed by atoms with E-state index in [9.17, 15) is 4.39 Å². The largest absolute Gasteiger partial charge is 0.493 e. The minimum atomic E-state index is -0.240. The van der Waals surface area contributed by atoms with E-state index in [1.807, 2.05) is 18.2 Å². The Morgan fingerprint density at radius 1 is 1.08 bits per heavy atom. The monoisotopic (exact) mass is 331 g/mol. The maximum absolute atomic E-state index is 13.1. The lowest BCUT2D eigenvalue weighted by Gasteiger charge is -2.19. The highest BCUT2D eigenvalue weighted by molar-refractivity contribution is 5.47. The van der Waals surface area contributed by atoms with E-state index in [4.69, 9.17) is 15.2 Å². The van der Waals surface area contributed by atoms with Crippen molar-refractivity contribution >= 4 is 0 Å². The molecule has 1 unspecified atom stereocenters. The molecule has 1 atom stereocenters. The number of ether oxygens (including phenoxy) is 2. The van der Waals surface area contributed by atoms with Gasteiger partial charge in [0.25, 0.3) is 0 Å². The fraction of sp³-hybridized carbons (Fsp3) is 0.400. The third-order valence-electron chi connectivity index (χ3n) is 3.93. The third kappa shape index (κ3) is 4.71. The van der Waals surface area contributed by atoms with Gasteiger partial charge in [0.2, 0.25) is 0 Å². The van der Waals surface area contributed by atoms with Crippen LogP contribution in [0.3, 0.4) is 0 Å². The predicted molar refractivity (Wildman–Crippen MR) is 95.2 cm³/mol. The summed E-state index contributed by atoms with van der Waals surface area (Å²) in [7, 11) is 1.65. The molecule has 0 fully saturated rings. The molecule has 0 bridgehead atoms. The van der Waals surface area contributed by atoms with Gasteiger partial charge in [-0.2, -0.15) is 0 Å². The van der Waals surface area contributed by atoms with Crippen LogP contribution in [0.1, 0.15) is 30.9 Å². The topological polar surface area (TPSA) is 44.5 Å². The molecule has 2 aromatic carbocycles. The highest BCUT2D eigenvalue weighted by atomic mass is 19.1. The van der Waals surface area contributed by atoms with Gasteiger partial charge in [-0.25, -0.2) is 4.39 Å². The second-order valence-corrected chi connectivity index (χ2v) is 6.34. The summed E-state index contributed by atoms with van der Waals surface area (Å²) in [6, 6.07) is 12.4. The molecule has 3 nitrogen and oxygen atoms in total. The average molecular weight is 331 g/mol. The molecule has 4 heteroatoms. The van der Waals surface area contributed by atoms with Crippen LogP contribution < -0.4 is 15.2 Å². The van der Waals surface area contributed by atoms with Crippen LogP contribution in [0.4, 0.5) is 4.39 Å². The van der Waals surface area contributed by atoms with Gasteiger partial charge < -0.3 is 15.2 Å². The maximum Gasteiger partial charge on any atom is 0.163 e. The van der Waals surface area contributed by atoms with Gasteiger partial charge in [0.05, 0.1) is 13.7 Å². The molecule has 130 valence electrons. The number of methoxy groups -OCH3 is 1. The molecule has 24 heavy (non-hydrogen) atoms. The van der Waals surface area contributed by atoms with Gasteiger partial charge in [-0.3, -0.25) is 0 Å². The molecule has 2 rings (SSSR count). The molecule has 0 heterocycles. The van der Waals surface area contributed by atoms with Crippen LogP contribution in [0, 0.1) is 11.7 Å². The Morgan fingerprint density at radius 3 is 2.38 bits per heavy atom. The van der Waals surface area contributed by atoms with Crippen LogP contribution >= 0.6 is 0 Å². The SMILES string of the molecule is COc1c(CC(CN)c2ccc(F)cc2)cccc1OCC(C)C.